The fourth-order valence-corrected chi connectivity index (χ4v) is 3.94. The molecular formula is C19H29N5O3. The first-order chi connectivity index (χ1) is 13.1. The molecule has 2 aliphatic heterocycles. The lowest BCUT2D eigenvalue weighted by atomic mass is 9.97. The van der Waals surface area contributed by atoms with Gasteiger partial charge in [-0.15, -0.1) is 0 Å². The van der Waals surface area contributed by atoms with Crippen LogP contribution in [-0.4, -0.2) is 90.7 Å². The van der Waals surface area contributed by atoms with Crippen LogP contribution in [0.4, 0.5) is 5.82 Å². The molecule has 8 nitrogen and oxygen atoms in total. The molecule has 2 fully saturated rings. The average molecular weight is 375 g/mol. The second kappa shape index (κ2) is 9.66. The van der Waals surface area contributed by atoms with Crippen LogP contribution in [0.5, 0.6) is 0 Å². The Hall–Kier alpha value is -2.19. The number of piperazine rings is 1. The number of aromatic nitrogens is 1. The molecule has 1 amide bonds. The monoisotopic (exact) mass is 375 g/mol. The highest BCUT2D eigenvalue weighted by Gasteiger charge is 2.25. The Morgan fingerprint density at radius 1 is 1.15 bits per heavy atom. The van der Waals surface area contributed by atoms with Crippen LogP contribution in [0.3, 0.4) is 0 Å². The number of amides is 1. The van der Waals surface area contributed by atoms with E-state index in [1.807, 2.05) is 18.3 Å². The van der Waals surface area contributed by atoms with E-state index in [4.69, 9.17) is 5.11 Å². The molecule has 0 bridgehead atoms. The van der Waals surface area contributed by atoms with Crippen LogP contribution < -0.4 is 10.2 Å². The molecule has 1 unspecified atom stereocenters. The first-order valence-electron chi connectivity index (χ1n) is 9.69. The number of nitrogens with one attached hydrogen (secondary N) is 1. The van der Waals surface area contributed by atoms with Gasteiger partial charge in [-0.1, -0.05) is 6.07 Å². The van der Waals surface area contributed by atoms with Crippen LogP contribution in [0.25, 0.3) is 0 Å². The van der Waals surface area contributed by atoms with Crippen molar-refractivity contribution in [1.29, 1.82) is 0 Å². The van der Waals surface area contributed by atoms with Crippen LogP contribution in [0.1, 0.15) is 12.8 Å². The van der Waals surface area contributed by atoms with Gasteiger partial charge in [0.25, 0.3) is 0 Å². The molecule has 27 heavy (non-hydrogen) atoms. The van der Waals surface area contributed by atoms with Crippen molar-refractivity contribution < 1.29 is 14.7 Å². The van der Waals surface area contributed by atoms with Crippen molar-refractivity contribution in [2.45, 2.75) is 12.8 Å². The molecule has 3 heterocycles. The Kier molecular flexibility index (Phi) is 7.00. The minimum absolute atomic E-state index is 0.206. The molecule has 1 aromatic heterocycles. The molecule has 0 saturated carbocycles. The Morgan fingerprint density at radius 2 is 1.96 bits per heavy atom. The van der Waals surface area contributed by atoms with Gasteiger partial charge in [-0.2, -0.15) is 0 Å². The van der Waals surface area contributed by atoms with E-state index in [0.717, 1.165) is 58.1 Å². The largest absolute Gasteiger partial charge is 0.480 e. The summed E-state index contributed by atoms with van der Waals surface area (Å²) >= 11 is 0. The van der Waals surface area contributed by atoms with Gasteiger partial charge in [0.05, 0.1) is 6.54 Å². The van der Waals surface area contributed by atoms with Crippen molar-refractivity contribution in [2.75, 3.05) is 63.8 Å². The van der Waals surface area contributed by atoms with Crippen LogP contribution in [0, 0.1) is 5.92 Å². The highest BCUT2D eigenvalue weighted by Crippen LogP contribution is 2.19. The number of anilines is 1. The predicted octanol–water partition coefficient (Wildman–Crippen LogP) is 0.116. The van der Waals surface area contributed by atoms with Gasteiger partial charge in [-0.25, -0.2) is 4.98 Å². The zero-order chi connectivity index (χ0) is 19.1. The summed E-state index contributed by atoms with van der Waals surface area (Å²) < 4.78 is 0. The average Bonchev–Trinajstić information content (AvgIpc) is 2.68. The lowest BCUT2D eigenvalue weighted by Crippen LogP contribution is -2.50. The van der Waals surface area contributed by atoms with Gasteiger partial charge in [0.2, 0.25) is 5.91 Å². The fraction of sp³-hybridized carbons (Fsp3) is 0.632. The maximum Gasteiger partial charge on any atom is 0.322 e. The van der Waals surface area contributed by atoms with Gasteiger partial charge in [0, 0.05) is 45.5 Å². The number of carbonyl (C=O) groups excluding carboxylic acids is 1. The van der Waals surface area contributed by atoms with E-state index in [1.54, 1.807) is 0 Å². The second-order valence-corrected chi connectivity index (χ2v) is 7.39. The molecule has 0 spiro atoms. The molecule has 3 rings (SSSR count). The van der Waals surface area contributed by atoms with Gasteiger partial charge < -0.3 is 15.3 Å². The summed E-state index contributed by atoms with van der Waals surface area (Å²) in [6.45, 7) is 6.90. The van der Waals surface area contributed by atoms with Crippen LogP contribution in [0.2, 0.25) is 0 Å². The van der Waals surface area contributed by atoms with E-state index < -0.39 is 5.97 Å². The summed E-state index contributed by atoms with van der Waals surface area (Å²) in [5.41, 5.74) is 0. The van der Waals surface area contributed by atoms with E-state index in [9.17, 15) is 9.59 Å². The van der Waals surface area contributed by atoms with E-state index in [-0.39, 0.29) is 19.0 Å². The van der Waals surface area contributed by atoms with Crippen molar-refractivity contribution in [1.82, 2.24) is 20.1 Å². The van der Waals surface area contributed by atoms with Crippen LogP contribution in [-0.2, 0) is 9.59 Å². The fourth-order valence-electron chi connectivity index (χ4n) is 3.94. The number of rotatable bonds is 7. The van der Waals surface area contributed by atoms with Gasteiger partial charge in [-0.05, 0) is 37.4 Å². The van der Waals surface area contributed by atoms with E-state index in [0.29, 0.717) is 5.92 Å². The molecule has 148 valence electrons. The second-order valence-electron chi connectivity index (χ2n) is 7.39. The smallest absolute Gasteiger partial charge is 0.322 e. The Bertz CT molecular complexity index is 619. The molecule has 0 aliphatic carbocycles. The zero-order valence-electron chi connectivity index (χ0n) is 15.7. The van der Waals surface area contributed by atoms with E-state index in [1.165, 1.54) is 6.42 Å². The first-order valence-corrected chi connectivity index (χ1v) is 9.69. The number of piperidine rings is 1. The van der Waals surface area contributed by atoms with Gasteiger partial charge in [-0.3, -0.25) is 19.4 Å². The SMILES string of the molecule is O=C(O)CNC(=O)CN1CCCC(CN2CCN(c3ccccn3)CC2)C1. The molecule has 0 radical (unpaired) electrons. The third kappa shape index (κ3) is 6.18. The number of nitrogens with zero attached hydrogens (tertiary/aromatic N) is 4. The number of carboxylic acid groups (broad SMARTS) is 1. The minimum atomic E-state index is -1.01. The van der Waals surface area contributed by atoms with Crippen molar-refractivity contribution in [3.63, 3.8) is 0 Å². The van der Waals surface area contributed by atoms with Crippen molar-refractivity contribution in [3.05, 3.63) is 24.4 Å². The summed E-state index contributed by atoms with van der Waals surface area (Å²) in [7, 11) is 0. The maximum atomic E-state index is 11.8. The van der Waals surface area contributed by atoms with Crippen molar-refractivity contribution in [2.24, 2.45) is 5.92 Å². The number of hydrogen-bond donors (Lipinski definition) is 2. The van der Waals surface area contributed by atoms with Gasteiger partial charge >= 0.3 is 5.97 Å². The third-order valence-corrected chi connectivity index (χ3v) is 5.27. The molecule has 8 heteroatoms. The molecular weight excluding hydrogens is 346 g/mol. The lowest BCUT2D eigenvalue weighted by molar-refractivity contribution is -0.138. The number of hydrogen-bond acceptors (Lipinski definition) is 6. The van der Waals surface area contributed by atoms with E-state index in [2.05, 4.69) is 31.1 Å². The van der Waals surface area contributed by atoms with Gasteiger partial charge in [0.1, 0.15) is 12.4 Å². The highest BCUT2D eigenvalue weighted by molar-refractivity contribution is 5.82. The topological polar surface area (TPSA) is 89.0 Å². The Morgan fingerprint density at radius 3 is 2.67 bits per heavy atom. The maximum absolute atomic E-state index is 11.8. The van der Waals surface area contributed by atoms with E-state index >= 15 is 0 Å². The van der Waals surface area contributed by atoms with Crippen LogP contribution >= 0.6 is 0 Å². The Labute approximate surface area is 160 Å². The third-order valence-electron chi connectivity index (χ3n) is 5.27. The minimum Gasteiger partial charge on any atom is -0.480 e. The summed E-state index contributed by atoms with van der Waals surface area (Å²) in [6, 6.07) is 6.03. The molecule has 2 saturated heterocycles. The number of pyridine rings is 1. The van der Waals surface area contributed by atoms with Crippen molar-refractivity contribution >= 4 is 17.7 Å². The summed E-state index contributed by atoms with van der Waals surface area (Å²) in [5, 5.41) is 11.1. The number of carboxylic acids is 1. The summed E-state index contributed by atoms with van der Waals surface area (Å²) in [4.78, 5) is 33.8. The van der Waals surface area contributed by atoms with Crippen molar-refractivity contribution in [3.8, 4) is 0 Å². The first kappa shape index (κ1) is 19.6. The number of carbonyl (C=O) groups is 2. The molecule has 2 N–H and O–H groups in total. The quantitative estimate of drug-likeness (QED) is 0.700. The molecule has 1 aromatic rings. The number of aliphatic carboxylic acids is 1. The number of likely N-dealkylation sites (tertiary alicyclic amines) is 1. The predicted molar refractivity (Wildman–Crippen MR) is 103 cm³/mol. The Balaban J connectivity index is 1.39. The summed E-state index contributed by atoms with van der Waals surface area (Å²) in [6.07, 6.45) is 4.11. The molecule has 2 aliphatic rings. The summed E-state index contributed by atoms with van der Waals surface area (Å²) in [5.74, 6) is 0.396. The lowest BCUT2D eigenvalue weighted by Gasteiger charge is -2.39. The van der Waals surface area contributed by atoms with Crippen LogP contribution in [0.15, 0.2) is 24.4 Å². The molecule has 0 aromatic carbocycles. The molecule has 1 atom stereocenters. The standard InChI is InChI=1S/C19H29N5O3/c25-18(21-12-19(26)27)15-23-7-3-4-16(14-23)13-22-8-10-24(11-9-22)17-5-1-2-6-20-17/h1-2,5-6,16H,3-4,7-15H2,(H,21,25)(H,26,27). The zero-order valence-corrected chi connectivity index (χ0v) is 15.7. The van der Waals surface area contributed by atoms with Gasteiger partial charge in [0.15, 0.2) is 0 Å². The highest BCUT2D eigenvalue weighted by atomic mass is 16.4. The normalized spacial score (nSPS) is 21.8.